The number of halogens is 1. The Kier molecular flexibility index (Phi) is 6.08. The van der Waals surface area contributed by atoms with E-state index in [-0.39, 0.29) is 0 Å². The van der Waals surface area contributed by atoms with E-state index in [2.05, 4.69) is 29.0 Å². The molecule has 6 heteroatoms. The first-order chi connectivity index (χ1) is 9.60. The lowest BCUT2D eigenvalue weighted by Crippen LogP contribution is -2.44. The van der Waals surface area contributed by atoms with Crippen LogP contribution in [-0.4, -0.2) is 42.7 Å². The maximum absolute atomic E-state index is 6.22. The molecule has 0 aromatic carbocycles. The van der Waals surface area contributed by atoms with Crippen molar-refractivity contribution < 1.29 is 4.74 Å². The fourth-order valence-electron chi connectivity index (χ4n) is 2.67. The zero-order valence-electron chi connectivity index (χ0n) is 12.5. The number of piperidine rings is 1. The third-order valence-electron chi connectivity index (χ3n) is 3.58. The summed E-state index contributed by atoms with van der Waals surface area (Å²) >= 11 is 7.78. The highest BCUT2D eigenvalue weighted by atomic mass is 35.5. The minimum absolute atomic E-state index is 0.592. The van der Waals surface area contributed by atoms with Gasteiger partial charge < -0.3 is 10.1 Å². The highest BCUT2D eigenvalue weighted by molar-refractivity contribution is 7.13. The van der Waals surface area contributed by atoms with E-state index in [1.807, 2.05) is 0 Å². The van der Waals surface area contributed by atoms with Crippen molar-refractivity contribution in [3.63, 3.8) is 0 Å². The maximum Gasteiger partial charge on any atom is 0.274 e. The first kappa shape index (κ1) is 16.0. The van der Waals surface area contributed by atoms with Crippen LogP contribution in [0.1, 0.15) is 31.6 Å². The van der Waals surface area contributed by atoms with Gasteiger partial charge in [0.05, 0.1) is 12.0 Å². The fraction of sp³-hybridized carbons (Fsp3) is 0.786. The summed E-state index contributed by atoms with van der Waals surface area (Å²) in [4.78, 5) is 7.90. The van der Waals surface area contributed by atoms with Crippen LogP contribution in [0.15, 0.2) is 0 Å². The number of rotatable bonds is 6. The molecule has 1 aliphatic rings. The topological polar surface area (TPSA) is 37.4 Å². The summed E-state index contributed by atoms with van der Waals surface area (Å²) in [5, 5.41) is 4.67. The third kappa shape index (κ3) is 4.32. The van der Waals surface area contributed by atoms with E-state index in [4.69, 9.17) is 16.3 Å². The Morgan fingerprint density at radius 1 is 1.45 bits per heavy atom. The van der Waals surface area contributed by atoms with Gasteiger partial charge in [-0.15, -0.1) is 0 Å². The molecule has 1 saturated heterocycles. The zero-order chi connectivity index (χ0) is 14.5. The summed E-state index contributed by atoms with van der Waals surface area (Å²) < 4.78 is 5.18. The van der Waals surface area contributed by atoms with Crippen molar-refractivity contribution >= 4 is 22.9 Å². The van der Waals surface area contributed by atoms with E-state index in [0.717, 1.165) is 31.1 Å². The second kappa shape index (κ2) is 7.59. The first-order valence-electron chi connectivity index (χ1n) is 7.24. The zero-order valence-corrected chi connectivity index (χ0v) is 14.1. The second-order valence-electron chi connectivity index (χ2n) is 5.70. The van der Waals surface area contributed by atoms with E-state index >= 15 is 0 Å². The summed E-state index contributed by atoms with van der Waals surface area (Å²) in [6.45, 7) is 8.73. The summed E-state index contributed by atoms with van der Waals surface area (Å²) in [5.74, 6) is 0.651. The van der Waals surface area contributed by atoms with Crippen molar-refractivity contribution in [2.45, 2.75) is 39.3 Å². The molecule has 0 atom stereocenters. The molecule has 2 rings (SSSR count). The molecule has 0 spiro atoms. The molecular formula is C14H24ClN3OS. The van der Waals surface area contributed by atoms with E-state index in [1.54, 1.807) is 18.4 Å². The molecule has 1 fully saturated rings. The van der Waals surface area contributed by atoms with Gasteiger partial charge in [-0.25, -0.2) is 0 Å². The lowest BCUT2D eigenvalue weighted by Gasteiger charge is -2.35. The molecule has 1 aromatic heterocycles. The number of hydrogen-bond donors (Lipinski definition) is 1. The lowest BCUT2D eigenvalue weighted by atomic mass is 10.0. The van der Waals surface area contributed by atoms with Crippen LogP contribution < -0.4 is 10.1 Å². The van der Waals surface area contributed by atoms with Gasteiger partial charge in [0.15, 0.2) is 0 Å². The van der Waals surface area contributed by atoms with Crippen molar-refractivity contribution in [1.29, 1.82) is 0 Å². The Morgan fingerprint density at radius 3 is 2.70 bits per heavy atom. The van der Waals surface area contributed by atoms with Gasteiger partial charge >= 0.3 is 0 Å². The molecule has 0 unspecified atom stereocenters. The molecule has 20 heavy (non-hydrogen) atoms. The van der Waals surface area contributed by atoms with Crippen molar-refractivity contribution in [2.24, 2.45) is 5.92 Å². The average molecular weight is 318 g/mol. The van der Waals surface area contributed by atoms with E-state index in [1.165, 1.54) is 12.8 Å². The van der Waals surface area contributed by atoms with Gasteiger partial charge in [0.1, 0.15) is 5.15 Å². The number of nitrogens with one attached hydrogen (secondary N) is 1. The minimum atomic E-state index is 0.592. The van der Waals surface area contributed by atoms with Gasteiger partial charge in [-0.2, -0.15) is 4.98 Å². The van der Waals surface area contributed by atoms with Gasteiger partial charge in [0.25, 0.3) is 5.19 Å². The van der Waals surface area contributed by atoms with Crippen molar-refractivity contribution in [1.82, 2.24) is 15.2 Å². The molecule has 0 bridgehead atoms. The van der Waals surface area contributed by atoms with Crippen LogP contribution in [0.3, 0.4) is 0 Å². The van der Waals surface area contributed by atoms with Crippen LogP contribution >= 0.6 is 22.9 Å². The van der Waals surface area contributed by atoms with E-state index in [0.29, 0.717) is 22.3 Å². The molecule has 0 radical (unpaired) electrons. The number of methoxy groups -OCH3 is 1. The van der Waals surface area contributed by atoms with Gasteiger partial charge in [0, 0.05) is 19.1 Å². The monoisotopic (exact) mass is 317 g/mol. The van der Waals surface area contributed by atoms with Gasteiger partial charge in [0.2, 0.25) is 0 Å². The van der Waals surface area contributed by atoms with Gasteiger partial charge in [-0.1, -0.05) is 36.8 Å². The van der Waals surface area contributed by atoms with E-state index < -0.39 is 0 Å². The Labute approximate surface area is 130 Å². The molecule has 1 aliphatic heterocycles. The first-order valence-corrected chi connectivity index (χ1v) is 8.43. The van der Waals surface area contributed by atoms with Crippen LogP contribution in [-0.2, 0) is 6.54 Å². The Morgan fingerprint density at radius 2 is 2.15 bits per heavy atom. The van der Waals surface area contributed by atoms with Crippen LogP contribution in [0.5, 0.6) is 5.19 Å². The predicted octanol–water partition coefficient (Wildman–Crippen LogP) is 3.02. The molecule has 2 heterocycles. The maximum atomic E-state index is 6.22. The van der Waals surface area contributed by atoms with Crippen LogP contribution in [0.25, 0.3) is 0 Å². The standard InChI is InChI=1S/C14H24ClN3OS/c1-10(2)8-18(11-4-6-16-7-5-11)9-12-13(15)17-14(19-3)20-12/h10-11,16H,4-9H2,1-3H3. The van der Waals surface area contributed by atoms with Gasteiger partial charge in [-0.3, -0.25) is 4.90 Å². The minimum Gasteiger partial charge on any atom is -0.473 e. The van der Waals surface area contributed by atoms with Gasteiger partial charge in [-0.05, 0) is 31.8 Å². The Balaban J connectivity index is 2.07. The molecule has 0 saturated carbocycles. The smallest absolute Gasteiger partial charge is 0.274 e. The Hall–Kier alpha value is -0.360. The highest BCUT2D eigenvalue weighted by Gasteiger charge is 2.23. The van der Waals surface area contributed by atoms with E-state index in [9.17, 15) is 0 Å². The quantitative estimate of drug-likeness (QED) is 0.875. The Bertz CT molecular complexity index is 419. The average Bonchev–Trinajstić information content (AvgIpc) is 2.79. The molecule has 1 aromatic rings. The van der Waals surface area contributed by atoms with Crippen molar-refractivity contribution in [3.8, 4) is 5.19 Å². The van der Waals surface area contributed by atoms with Crippen LogP contribution in [0.2, 0.25) is 5.15 Å². The second-order valence-corrected chi connectivity index (χ2v) is 7.11. The predicted molar refractivity (Wildman–Crippen MR) is 84.8 cm³/mol. The summed E-state index contributed by atoms with van der Waals surface area (Å²) in [7, 11) is 1.64. The number of hydrogen-bond acceptors (Lipinski definition) is 5. The molecule has 0 amide bonds. The number of ether oxygens (including phenoxy) is 1. The molecule has 4 nitrogen and oxygen atoms in total. The highest BCUT2D eigenvalue weighted by Crippen LogP contribution is 2.31. The fourth-order valence-corrected chi connectivity index (χ4v) is 3.76. The molecule has 114 valence electrons. The summed E-state index contributed by atoms with van der Waals surface area (Å²) in [5.41, 5.74) is 0. The number of nitrogens with zero attached hydrogens (tertiary/aromatic N) is 2. The van der Waals surface area contributed by atoms with Crippen LogP contribution in [0.4, 0.5) is 0 Å². The van der Waals surface area contributed by atoms with Crippen molar-refractivity contribution in [2.75, 3.05) is 26.7 Å². The normalized spacial score (nSPS) is 17.1. The molecule has 1 N–H and O–H groups in total. The van der Waals surface area contributed by atoms with Crippen LogP contribution in [0, 0.1) is 5.92 Å². The molecule has 0 aliphatic carbocycles. The number of thiazole rings is 1. The lowest BCUT2D eigenvalue weighted by molar-refractivity contribution is 0.138. The SMILES string of the molecule is COc1nc(Cl)c(CN(CC(C)C)C2CCNCC2)s1. The number of aromatic nitrogens is 1. The summed E-state index contributed by atoms with van der Waals surface area (Å²) in [6.07, 6.45) is 2.42. The third-order valence-corrected chi connectivity index (χ3v) is 5.00. The molecular weight excluding hydrogens is 294 g/mol. The largest absolute Gasteiger partial charge is 0.473 e. The summed E-state index contributed by atoms with van der Waals surface area (Å²) in [6, 6.07) is 0.641. The van der Waals surface area contributed by atoms with Crippen molar-refractivity contribution in [3.05, 3.63) is 10.0 Å².